The molecule has 0 spiro atoms. The first-order valence-electron chi connectivity index (χ1n) is 6.50. The molecular weight excluding hydrogens is 246 g/mol. The number of rotatable bonds is 5. The molecular formula is C12H21N5O2. The summed E-state index contributed by atoms with van der Waals surface area (Å²) in [6, 6.07) is 1.71. The first-order valence-corrected chi connectivity index (χ1v) is 6.50. The summed E-state index contributed by atoms with van der Waals surface area (Å²) >= 11 is 0. The molecule has 0 radical (unpaired) electrons. The Hall–Kier alpha value is -1.44. The van der Waals surface area contributed by atoms with E-state index >= 15 is 0 Å². The molecule has 1 saturated heterocycles. The number of hydrazine groups is 1. The molecule has 1 aromatic rings. The van der Waals surface area contributed by atoms with Gasteiger partial charge in [0, 0.05) is 32.1 Å². The molecule has 1 aliphatic rings. The fourth-order valence-corrected chi connectivity index (χ4v) is 2.07. The van der Waals surface area contributed by atoms with Crippen molar-refractivity contribution in [3.63, 3.8) is 0 Å². The van der Waals surface area contributed by atoms with Gasteiger partial charge in [0.15, 0.2) is 0 Å². The Labute approximate surface area is 112 Å². The van der Waals surface area contributed by atoms with Crippen LogP contribution in [-0.4, -0.2) is 39.9 Å². The summed E-state index contributed by atoms with van der Waals surface area (Å²) in [6.07, 6.45) is 1.16. The van der Waals surface area contributed by atoms with Crippen LogP contribution in [0.25, 0.3) is 0 Å². The molecule has 0 aliphatic carbocycles. The zero-order valence-corrected chi connectivity index (χ0v) is 11.3. The van der Waals surface area contributed by atoms with E-state index in [-0.39, 0.29) is 6.10 Å². The van der Waals surface area contributed by atoms with E-state index in [1.54, 1.807) is 6.07 Å². The van der Waals surface area contributed by atoms with Crippen LogP contribution in [0, 0.1) is 0 Å². The zero-order chi connectivity index (χ0) is 13.9. The number of nitrogens with zero attached hydrogens (tertiary/aromatic N) is 2. The van der Waals surface area contributed by atoms with Crippen LogP contribution >= 0.6 is 0 Å². The van der Waals surface area contributed by atoms with Crippen LogP contribution in [0.1, 0.15) is 26.1 Å². The number of hydrogen-bond acceptors (Lipinski definition) is 7. The summed E-state index contributed by atoms with van der Waals surface area (Å²) in [5.74, 6) is 7.26. The Bertz CT molecular complexity index is 420. The third kappa shape index (κ3) is 3.12. The number of aromatic nitrogens is 2. The molecule has 1 aromatic heterocycles. The number of aryl methyl sites for hydroxylation is 1. The van der Waals surface area contributed by atoms with Gasteiger partial charge in [0.1, 0.15) is 23.1 Å². The van der Waals surface area contributed by atoms with Gasteiger partial charge >= 0.3 is 0 Å². The topological polar surface area (TPSA) is 105 Å². The van der Waals surface area contributed by atoms with Crippen LogP contribution in [0.4, 0.5) is 11.6 Å². The van der Waals surface area contributed by atoms with Gasteiger partial charge in [-0.2, -0.15) is 0 Å². The van der Waals surface area contributed by atoms with Gasteiger partial charge in [-0.15, -0.1) is 0 Å². The predicted octanol–water partition coefficient (Wildman–Crippen LogP) is 0.276. The number of hydrogen-bond donors (Lipinski definition) is 4. The quantitative estimate of drug-likeness (QED) is 0.448. The van der Waals surface area contributed by atoms with E-state index in [1.165, 1.54) is 0 Å². The third-order valence-electron chi connectivity index (χ3n) is 3.47. The Kier molecular flexibility index (Phi) is 4.18. The normalized spacial score (nSPS) is 26.4. The highest BCUT2D eigenvalue weighted by molar-refractivity contribution is 5.47. The molecule has 0 aromatic carbocycles. The van der Waals surface area contributed by atoms with Crippen LogP contribution in [-0.2, 0) is 11.2 Å². The van der Waals surface area contributed by atoms with Gasteiger partial charge in [0.25, 0.3) is 0 Å². The van der Waals surface area contributed by atoms with Crippen LogP contribution in [0.15, 0.2) is 6.07 Å². The Morgan fingerprint density at radius 3 is 2.84 bits per heavy atom. The largest absolute Gasteiger partial charge is 0.385 e. The lowest BCUT2D eigenvalue weighted by molar-refractivity contribution is -0.0176. The van der Waals surface area contributed by atoms with E-state index in [2.05, 4.69) is 20.7 Å². The minimum Gasteiger partial charge on any atom is -0.385 e. The molecule has 1 fully saturated rings. The van der Waals surface area contributed by atoms with Crippen LogP contribution in [0.5, 0.6) is 0 Å². The van der Waals surface area contributed by atoms with E-state index in [0.29, 0.717) is 43.5 Å². The average molecular weight is 267 g/mol. The lowest BCUT2D eigenvalue weighted by atomic mass is 9.97. The number of nitrogen functional groups attached to an aromatic ring is 1. The molecule has 0 bridgehead atoms. The Balaban J connectivity index is 2.06. The van der Waals surface area contributed by atoms with Crippen LogP contribution < -0.4 is 16.6 Å². The van der Waals surface area contributed by atoms with Gasteiger partial charge in [0.2, 0.25) is 0 Å². The molecule has 0 amide bonds. The lowest BCUT2D eigenvalue weighted by Gasteiger charge is -2.26. The van der Waals surface area contributed by atoms with E-state index in [1.807, 2.05) is 13.8 Å². The van der Waals surface area contributed by atoms with Crippen molar-refractivity contribution in [3.8, 4) is 0 Å². The number of nitrogens with two attached hydrogens (primary N) is 1. The summed E-state index contributed by atoms with van der Waals surface area (Å²) in [5.41, 5.74) is 1.66. The second-order valence-corrected chi connectivity index (χ2v) is 4.77. The van der Waals surface area contributed by atoms with Gasteiger partial charge in [-0.1, -0.05) is 6.92 Å². The molecule has 106 valence electrons. The summed E-state index contributed by atoms with van der Waals surface area (Å²) in [6.45, 7) is 4.82. The lowest BCUT2D eigenvalue weighted by Crippen LogP contribution is -2.43. The van der Waals surface area contributed by atoms with E-state index in [9.17, 15) is 5.11 Å². The monoisotopic (exact) mass is 267 g/mol. The van der Waals surface area contributed by atoms with Gasteiger partial charge in [-0.3, -0.25) is 0 Å². The summed E-state index contributed by atoms with van der Waals surface area (Å²) < 4.78 is 5.39. The number of ether oxygens (including phenoxy) is 1. The van der Waals surface area contributed by atoms with Crippen molar-refractivity contribution < 1.29 is 9.84 Å². The molecule has 0 saturated carbocycles. The highest BCUT2D eigenvalue weighted by Gasteiger charge is 2.39. The first kappa shape index (κ1) is 14.0. The fourth-order valence-electron chi connectivity index (χ4n) is 2.07. The van der Waals surface area contributed by atoms with Crippen molar-refractivity contribution in [2.75, 3.05) is 23.9 Å². The van der Waals surface area contributed by atoms with Crippen molar-refractivity contribution in [1.82, 2.24) is 9.97 Å². The Morgan fingerprint density at radius 1 is 1.53 bits per heavy atom. The minimum atomic E-state index is -0.854. The number of nitrogens with one attached hydrogen (secondary N) is 2. The van der Waals surface area contributed by atoms with Crippen molar-refractivity contribution >= 4 is 11.6 Å². The second kappa shape index (κ2) is 5.68. The molecule has 1 aliphatic heterocycles. The molecule has 7 heteroatoms. The summed E-state index contributed by atoms with van der Waals surface area (Å²) in [4.78, 5) is 8.56. The maximum Gasteiger partial charge on any atom is 0.145 e. The fraction of sp³-hybridized carbons (Fsp3) is 0.667. The van der Waals surface area contributed by atoms with Crippen LogP contribution in [0.2, 0.25) is 0 Å². The van der Waals surface area contributed by atoms with Crippen molar-refractivity contribution in [3.05, 3.63) is 11.9 Å². The number of aliphatic hydroxyl groups is 1. The SMILES string of the molecule is CCc1nc(NN)cc(NCC2(O)CCOC2C)n1. The highest BCUT2D eigenvalue weighted by atomic mass is 16.5. The maximum absolute atomic E-state index is 10.4. The second-order valence-electron chi connectivity index (χ2n) is 4.77. The summed E-state index contributed by atoms with van der Waals surface area (Å²) in [5, 5.41) is 13.5. The molecule has 19 heavy (non-hydrogen) atoms. The van der Waals surface area contributed by atoms with Crippen LogP contribution in [0.3, 0.4) is 0 Å². The van der Waals surface area contributed by atoms with Gasteiger partial charge < -0.3 is 20.6 Å². The predicted molar refractivity (Wildman–Crippen MR) is 72.7 cm³/mol. The molecule has 5 N–H and O–H groups in total. The molecule has 2 atom stereocenters. The zero-order valence-electron chi connectivity index (χ0n) is 11.3. The van der Waals surface area contributed by atoms with Crippen molar-refractivity contribution in [2.45, 2.75) is 38.4 Å². The maximum atomic E-state index is 10.4. The van der Waals surface area contributed by atoms with Gasteiger partial charge in [-0.25, -0.2) is 15.8 Å². The smallest absolute Gasteiger partial charge is 0.145 e. The molecule has 2 unspecified atom stereocenters. The standard InChI is InChI=1S/C12H21N5O2/c1-3-9-15-10(6-11(16-9)17-13)14-7-12(18)4-5-19-8(12)2/h6,8,18H,3-5,7,13H2,1-2H3,(H2,14,15,16,17). The van der Waals surface area contributed by atoms with Crippen molar-refractivity contribution in [2.24, 2.45) is 5.84 Å². The van der Waals surface area contributed by atoms with Gasteiger partial charge in [-0.05, 0) is 6.92 Å². The van der Waals surface area contributed by atoms with Gasteiger partial charge in [0.05, 0.1) is 6.10 Å². The highest BCUT2D eigenvalue weighted by Crippen LogP contribution is 2.26. The van der Waals surface area contributed by atoms with E-state index < -0.39 is 5.60 Å². The minimum absolute atomic E-state index is 0.181. The third-order valence-corrected chi connectivity index (χ3v) is 3.47. The molecule has 2 heterocycles. The van der Waals surface area contributed by atoms with Crippen molar-refractivity contribution in [1.29, 1.82) is 0 Å². The van der Waals surface area contributed by atoms with E-state index in [0.717, 1.165) is 0 Å². The summed E-state index contributed by atoms with van der Waals surface area (Å²) in [7, 11) is 0. The Morgan fingerprint density at radius 2 is 2.26 bits per heavy atom. The van der Waals surface area contributed by atoms with E-state index in [4.69, 9.17) is 10.6 Å². The molecule has 2 rings (SSSR count). The number of anilines is 2. The average Bonchev–Trinajstić information content (AvgIpc) is 2.76. The molecule has 7 nitrogen and oxygen atoms in total. The first-order chi connectivity index (χ1) is 9.07.